The molecule has 3 heterocycles. The second-order valence-electron chi connectivity index (χ2n) is 8.13. The summed E-state index contributed by atoms with van der Waals surface area (Å²) in [4.78, 5) is 11.7. The second-order valence-corrected chi connectivity index (χ2v) is 10.0. The SMILES string of the molecule is CNc1nc([C@H]2CCCCN2S(=O)(=O)c2ccc(C)c(F)c2)nc2c1CCN(C)C2. The van der Waals surface area contributed by atoms with E-state index in [4.69, 9.17) is 9.97 Å². The maximum atomic E-state index is 14.1. The van der Waals surface area contributed by atoms with E-state index >= 15 is 0 Å². The van der Waals surface area contributed by atoms with Crippen LogP contribution < -0.4 is 5.32 Å². The lowest BCUT2D eigenvalue weighted by Crippen LogP contribution is -2.40. The van der Waals surface area contributed by atoms with E-state index in [1.807, 2.05) is 14.1 Å². The molecule has 0 saturated carbocycles. The largest absolute Gasteiger partial charge is 0.373 e. The van der Waals surface area contributed by atoms with Crippen LogP contribution >= 0.6 is 0 Å². The first-order valence-electron chi connectivity index (χ1n) is 10.3. The number of hydrogen-bond acceptors (Lipinski definition) is 6. The Bertz CT molecular complexity index is 1060. The lowest BCUT2D eigenvalue weighted by atomic mass is 10.0. The third kappa shape index (κ3) is 3.81. The molecule has 0 spiro atoms. The van der Waals surface area contributed by atoms with E-state index in [1.54, 1.807) is 6.92 Å². The molecule has 1 aromatic heterocycles. The summed E-state index contributed by atoms with van der Waals surface area (Å²) in [6, 6.07) is 3.63. The smallest absolute Gasteiger partial charge is 0.243 e. The van der Waals surface area contributed by atoms with Crippen molar-refractivity contribution >= 4 is 15.8 Å². The Morgan fingerprint density at radius 1 is 1.20 bits per heavy atom. The Morgan fingerprint density at radius 2 is 2.00 bits per heavy atom. The van der Waals surface area contributed by atoms with Crippen molar-refractivity contribution in [3.63, 3.8) is 0 Å². The number of halogens is 1. The van der Waals surface area contributed by atoms with E-state index < -0.39 is 21.9 Å². The predicted molar refractivity (Wildman–Crippen MR) is 113 cm³/mol. The van der Waals surface area contributed by atoms with E-state index in [1.165, 1.54) is 16.4 Å². The van der Waals surface area contributed by atoms with Gasteiger partial charge in [0.1, 0.15) is 17.5 Å². The van der Waals surface area contributed by atoms with Crippen molar-refractivity contribution in [3.05, 3.63) is 46.7 Å². The van der Waals surface area contributed by atoms with Crippen LogP contribution in [0.1, 0.15) is 47.9 Å². The molecule has 2 aliphatic rings. The average Bonchev–Trinajstić information content (AvgIpc) is 2.74. The van der Waals surface area contributed by atoms with Gasteiger partial charge in [-0.3, -0.25) is 0 Å². The van der Waals surface area contributed by atoms with Crippen LogP contribution in [0.15, 0.2) is 23.1 Å². The predicted octanol–water partition coefficient (Wildman–Crippen LogP) is 2.87. The number of anilines is 1. The summed E-state index contributed by atoms with van der Waals surface area (Å²) in [5, 5.41) is 3.16. The van der Waals surface area contributed by atoms with Crippen LogP contribution in [0.25, 0.3) is 0 Å². The van der Waals surface area contributed by atoms with Gasteiger partial charge in [0, 0.05) is 32.2 Å². The fourth-order valence-electron chi connectivity index (χ4n) is 4.26. The molecule has 9 heteroatoms. The second kappa shape index (κ2) is 8.20. The highest BCUT2D eigenvalue weighted by atomic mass is 32.2. The normalized spacial score (nSPS) is 20.7. The van der Waals surface area contributed by atoms with Gasteiger partial charge in [-0.05, 0) is 50.9 Å². The summed E-state index contributed by atoms with van der Waals surface area (Å²) >= 11 is 0. The van der Waals surface area contributed by atoms with Crippen LogP contribution in [0.2, 0.25) is 0 Å². The van der Waals surface area contributed by atoms with Gasteiger partial charge in [-0.15, -0.1) is 0 Å². The lowest BCUT2D eigenvalue weighted by molar-refractivity contribution is 0.244. The molecule has 162 valence electrons. The van der Waals surface area contributed by atoms with Gasteiger partial charge in [-0.1, -0.05) is 12.5 Å². The first kappa shape index (κ1) is 21.1. The fraction of sp³-hybridized carbons (Fsp3) is 0.524. The molecular formula is C21H28FN5O2S. The quantitative estimate of drug-likeness (QED) is 0.799. The van der Waals surface area contributed by atoms with Crippen molar-refractivity contribution < 1.29 is 12.8 Å². The summed E-state index contributed by atoms with van der Waals surface area (Å²) in [7, 11) is 0.00951. The number of nitrogens with one attached hydrogen (secondary N) is 1. The number of aryl methyl sites for hydroxylation is 1. The molecule has 1 fully saturated rings. The minimum absolute atomic E-state index is 0.0240. The highest BCUT2D eigenvalue weighted by Crippen LogP contribution is 2.36. The molecule has 1 atom stereocenters. The summed E-state index contributed by atoms with van der Waals surface area (Å²) in [5.74, 6) is 0.770. The van der Waals surface area contributed by atoms with Crippen LogP contribution in [-0.4, -0.2) is 54.8 Å². The van der Waals surface area contributed by atoms with E-state index in [-0.39, 0.29) is 4.90 Å². The molecule has 2 aliphatic heterocycles. The first-order chi connectivity index (χ1) is 14.3. The highest BCUT2D eigenvalue weighted by Gasteiger charge is 2.37. The van der Waals surface area contributed by atoms with Gasteiger partial charge in [-0.25, -0.2) is 22.8 Å². The van der Waals surface area contributed by atoms with Gasteiger partial charge < -0.3 is 10.2 Å². The molecule has 0 radical (unpaired) electrons. The Hall–Kier alpha value is -2.10. The molecule has 1 N–H and O–H groups in total. The molecule has 1 saturated heterocycles. The molecule has 2 aromatic rings. The summed E-state index contributed by atoms with van der Waals surface area (Å²) in [6.07, 6.45) is 3.16. The zero-order chi connectivity index (χ0) is 21.5. The Balaban J connectivity index is 1.76. The van der Waals surface area contributed by atoms with E-state index in [0.29, 0.717) is 30.9 Å². The number of rotatable bonds is 4. The minimum Gasteiger partial charge on any atom is -0.373 e. The Labute approximate surface area is 177 Å². The van der Waals surface area contributed by atoms with Gasteiger partial charge in [0.15, 0.2) is 0 Å². The van der Waals surface area contributed by atoms with Crippen LogP contribution in [-0.2, 0) is 23.0 Å². The monoisotopic (exact) mass is 433 g/mol. The first-order valence-corrected chi connectivity index (χ1v) is 11.8. The van der Waals surface area contributed by atoms with Crippen LogP contribution in [0.3, 0.4) is 0 Å². The fourth-order valence-corrected chi connectivity index (χ4v) is 5.92. The molecular weight excluding hydrogens is 405 g/mol. The maximum absolute atomic E-state index is 14.1. The molecule has 0 unspecified atom stereocenters. The summed E-state index contributed by atoms with van der Waals surface area (Å²) in [6.45, 7) is 3.64. The minimum atomic E-state index is -3.87. The van der Waals surface area contributed by atoms with Gasteiger partial charge in [0.05, 0.1) is 16.6 Å². The van der Waals surface area contributed by atoms with Gasteiger partial charge in [0.25, 0.3) is 0 Å². The molecule has 0 bridgehead atoms. The van der Waals surface area contributed by atoms with Crippen molar-refractivity contribution in [3.8, 4) is 0 Å². The van der Waals surface area contributed by atoms with Crippen molar-refractivity contribution in [1.29, 1.82) is 0 Å². The number of nitrogens with zero attached hydrogens (tertiary/aromatic N) is 4. The number of piperidine rings is 1. The van der Waals surface area contributed by atoms with E-state index in [9.17, 15) is 12.8 Å². The summed E-state index contributed by atoms with van der Waals surface area (Å²) in [5.41, 5.74) is 2.47. The van der Waals surface area contributed by atoms with E-state index in [2.05, 4.69) is 10.2 Å². The topological polar surface area (TPSA) is 78.4 Å². The lowest BCUT2D eigenvalue weighted by Gasteiger charge is -2.35. The number of benzene rings is 1. The highest BCUT2D eigenvalue weighted by molar-refractivity contribution is 7.89. The third-order valence-electron chi connectivity index (χ3n) is 6.01. The molecule has 0 aliphatic carbocycles. The Kier molecular flexibility index (Phi) is 5.78. The number of hydrogen-bond donors (Lipinski definition) is 1. The number of fused-ring (bicyclic) bond motifs is 1. The summed E-state index contributed by atoms with van der Waals surface area (Å²) < 4.78 is 42.4. The number of aromatic nitrogens is 2. The molecule has 4 rings (SSSR count). The van der Waals surface area contributed by atoms with Crippen LogP contribution in [0.4, 0.5) is 10.2 Å². The van der Waals surface area contributed by atoms with Crippen molar-refractivity contribution in [2.75, 3.05) is 32.5 Å². The van der Waals surface area contributed by atoms with Crippen molar-refractivity contribution in [1.82, 2.24) is 19.2 Å². The maximum Gasteiger partial charge on any atom is 0.243 e. The van der Waals surface area contributed by atoms with Gasteiger partial charge in [-0.2, -0.15) is 4.31 Å². The van der Waals surface area contributed by atoms with Crippen molar-refractivity contribution in [2.24, 2.45) is 0 Å². The molecule has 7 nitrogen and oxygen atoms in total. The number of likely N-dealkylation sites (N-methyl/N-ethyl adjacent to an activating group) is 1. The van der Waals surface area contributed by atoms with E-state index in [0.717, 1.165) is 48.9 Å². The third-order valence-corrected chi connectivity index (χ3v) is 7.92. The standard InChI is InChI=1S/C21H28FN5O2S/c1-14-7-8-15(12-17(14)22)30(28,29)27-10-5-4-6-19(27)21-24-18-13-26(3)11-9-16(18)20(23-2)25-21/h7-8,12,19H,4-6,9-11,13H2,1-3H3,(H,23,24,25)/t19-/m1/s1. The molecule has 1 aromatic carbocycles. The van der Waals surface area contributed by atoms with Gasteiger partial charge >= 0.3 is 0 Å². The number of sulfonamides is 1. The van der Waals surface area contributed by atoms with Crippen LogP contribution in [0, 0.1) is 12.7 Å². The average molecular weight is 434 g/mol. The van der Waals surface area contributed by atoms with Gasteiger partial charge in [0.2, 0.25) is 10.0 Å². The molecule has 30 heavy (non-hydrogen) atoms. The van der Waals surface area contributed by atoms with Crippen LogP contribution in [0.5, 0.6) is 0 Å². The Morgan fingerprint density at radius 3 is 2.73 bits per heavy atom. The molecule has 0 amide bonds. The zero-order valence-electron chi connectivity index (χ0n) is 17.7. The van der Waals surface area contributed by atoms with Crippen molar-refractivity contribution in [2.45, 2.75) is 50.1 Å². The zero-order valence-corrected chi connectivity index (χ0v) is 18.5.